The first-order valence-electron chi connectivity index (χ1n) is 9.72. The topological polar surface area (TPSA) is 83.2 Å². The summed E-state index contributed by atoms with van der Waals surface area (Å²) < 4.78 is 20.6. The van der Waals surface area contributed by atoms with Gasteiger partial charge in [-0.1, -0.05) is 18.2 Å². The molecule has 0 saturated carbocycles. The minimum absolute atomic E-state index is 0.0510. The molecular formula is C23H22FN5O2. The van der Waals surface area contributed by atoms with Gasteiger partial charge in [0.1, 0.15) is 11.6 Å². The quantitative estimate of drug-likeness (QED) is 0.642. The second-order valence-corrected chi connectivity index (χ2v) is 7.29. The van der Waals surface area contributed by atoms with Crippen LogP contribution in [0.15, 0.2) is 60.7 Å². The third-order valence-corrected chi connectivity index (χ3v) is 5.20. The van der Waals surface area contributed by atoms with Crippen molar-refractivity contribution in [2.24, 2.45) is 0 Å². The molecule has 1 aliphatic rings. The molecule has 2 N–H and O–H groups in total. The van der Waals surface area contributed by atoms with Gasteiger partial charge in [-0.05, 0) is 55.3 Å². The average Bonchev–Trinajstić information content (AvgIpc) is 3.30. The fourth-order valence-electron chi connectivity index (χ4n) is 3.55. The van der Waals surface area contributed by atoms with Gasteiger partial charge in [0.2, 0.25) is 0 Å². The molecule has 1 aliphatic heterocycles. The Labute approximate surface area is 179 Å². The Kier molecular flexibility index (Phi) is 5.29. The Morgan fingerprint density at radius 1 is 1.23 bits per heavy atom. The van der Waals surface area contributed by atoms with Crippen LogP contribution in [0.4, 0.5) is 9.18 Å². The van der Waals surface area contributed by atoms with Gasteiger partial charge >= 0.3 is 6.03 Å². The molecule has 0 aliphatic carbocycles. The first kappa shape index (κ1) is 20.3. The van der Waals surface area contributed by atoms with Crippen molar-refractivity contribution in [3.05, 3.63) is 83.3 Å². The molecule has 2 heterocycles. The number of hydrogen-bond acceptors (Lipinski definition) is 4. The second kappa shape index (κ2) is 8.06. The fraction of sp³-hybridized carbons (Fsp3) is 0.174. The summed E-state index contributed by atoms with van der Waals surface area (Å²) in [6.07, 6.45) is 5.34. The van der Waals surface area contributed by atoms with Crippen molar-refractivity contribution in [2.75, 3.05) is 7.11 Å². The third-order valence-electron chi connectivity index (χ3n) is 5.20. The SMILES string of the molecule is COc1cc(/C=C2\NC(=O)N(C(C)c3ccc(F)cc3)C2=N)ccc1-n1cnc(C)c1. The largest absolute Gasteiger partial charge is 0.495 e. The van der Waals surface area contributed by atoms with E-state index < -0.39 is 12.1 Å². The van der Waals surface area contributed by atoms with Crippen LogP contribution in [0.3, 0.4) is 0 Å². The lowest BCUT2D eigenvalue weighted by Gasteiger charge is -2.22. The van der Waals surface area contributed by atoms with Gasteiger partial charge in [-0.15, -0.1) is 0 Å². The van der Waals surface area contributed by atoms with E-state index in [4.69, 9.17) is 10.1 Å². The number of urea groups is 1. The van der Waals surface area contributed by atoms with Crippen LogP contribution in [0.2, 0.25) is 0 Å². The number of methoxy groups -OCH3 is 1. The van der Waals surface area contributed by atoms with Crippen molar-refractivity contribution in [2.45, 2.75) is 19.9 Å². The number of imidazole rings is 1. The van der Waals surface area contributed by atoms with Gasteiger partial charge in [-0.3, -0.25) is 10.3 Å². The molecular weight excluding hydrogens is 397 g/mol. The van der Waals surface area contributed by atoms with Crippen LogP contribution in [-0.4, -0.2) is 33.4 Å². The molecule has 7 nitrogen and oxygen atoms in total. The summed E-state index contributed by atoms with van der Waals surface area (Å²) in [4.78, 5) is 18.1. The predicted molar refractivity (Wildman–Crippen MR) is 116 cm³/mol. The summed E-state index contributed by atoms with van der Waals surface area (Å²) in [6.45, 7) is 3.71. The molecule has 158 valence electrons. The summed E-state index contributed by atoms with van der Waals surface area (Å²) in [5.74, 6) is 0.343. The molecule has 0 radical (unpaired) electrons. The highest BCUT2D eigenvalue weighted by atomic mass is 19.1. The number of carbonyl (C=O) groups is 1. The van der Waals surface area contributed by atoms with Crippen molar-refractivity contribution in [3.8, 4) is 11.4 Å². The number of amidine groups is 1. The number of amides is 2. The molecule has 2 aromatic carbocycles. The Hall–Kier alpha value is -3.94. The van der Waals surface area contributed by atoms with E-state index in [2.05, 4.69) is 10.3 Å². The highest BCUT2D eigenvalue weighted by Crippen LogP contribution is 2.29. The molecule has 8 heteroatoms. The molecule has 0 bridgehead atoms. The number of halogens is 1. The van der Waals surface area contributed by atoms with Gasteiger partial charge in [0, 0.05) is 6.20 Å². The van der Waals surface area contributed by atoms with E-state index >= 15 is 0 Å². The van der Waals surface area contributed by atoms with Gasteiger partial charge in [-0.2, -0.15) is 0 Å². The molecule has 31 heavy (non-hydrogen) atoms. The van der Waals surface area contributed by atoms with Crippen LogP contribution in [-0.2, 0) is 0 Å². The minimum Gasteiger partial charge on any atom is -0.495 e. The lowest BCUT2D eigenvalue weighted by molar-refractivity contribution is 0.220. The van der Waals surface area contributed by atoms with Crippen LogP contribution in [0.25, 0.3) is 11.8 Å². The van der Waals surface area contributed by atoms with Crippen LogP contribution in [0.1, 0.15) is 29.8 Å². The normalized spacial score (nSPS) is 16.0. The van der Waals surface area contributed by atoms with Gasteiger partial charge in [0.25, 0.3) is 0 Å². The van der Waals surface area contributed by atoms with E-state index in [-0.39, 0.29) is 11.7 Å². The maximum atomic E-state index is 13.2. The number of nitrogens with one attached hydrogen (secondary N) is 2. The molecule has 3 aromatic rings. The second-order valence-electron chi connectivity index (χ2n) is 7.29. The van der Waals surface area contributed by atoms with E-state index in [1.807, 2.05) is 35.9 Å². The van der Waals surface area contributed by atoms with Crippen LogP contribution < -0.4 is 10.1 Å². The summed E-state index contributed by atoms with van der Waals surface area (Å²) in [7, 11) is 1.59. The van der Waals surface area contributed by atoms with Gasteiger partial charge in [0.15, 0.2) is 5.84 Å². The number of benzene rings is 2. The van der Waals surface area contributed by atoms with Crippen molar-refractivity contribution in [1.82, 2.24) is 19.8 Å². The number of ether oxygens (including phenoxy) is 1. The number of nitrogens with zero attached hydrogens (tertiary/aromatic N) is 3. The van der Waals surface area contributed by atoms with E-state index in [0.29, 0.717) is 11.4 Å². The third kappa shape index (κ3) is 3.92. The summed E-state index contributed by atoms with van der Waals surface area (Å²) in [5, 5.41) is 11.2. The summed E-state index contributed by atoms with van der Waals surface area (Å²) in [6, 6.07) is 10.7. The standard InChI is InChI=1S/C23H22FN5O2/c1-14-12-28(13-26-14)20-9-4-16(11-21(20)31-3)10-19-22(25)29(23(30)27-19)15(2)17-5-7-18(24)8-6-17/h4-13,15,25H,1-3H3,(H,27,30)/b19-10-,25-22?. The number of rotatable bonds is 5. The first-order chi connectivity index (χ1) is 14.9. The Morgan fingerprint density at radius 3 is 2.61 bits per heavy atom. The first-order valence-corrected chi connectivity index (χ1v) is 9.72. The van der Waals surface area contributed by atoms with Crippen molar-refractivity contribution >= 4 is 17.9 Å². The van der Waals surface area contributed by atoms with Gasteiger partial charge < -0.3 is 14.6 Å². The summed E-state index contributed by atoms with van der Waals surface area (Å²) >= 11 is 0. The van der Waals surface area contributed by atoms with Crippen LogP contribution in [0.5, 0.6) is 5.75 Å². The fourth-order valence-corrected chi connectivity index (χ4v) is 3.55. The molecule has 2 amide bonds. The highest BCUT2D eigenvalue weighted by Gasteiger charge is 2.34. The molecule has 1 atom stereocenters. The average molecular weight is 419 g/mol. The van der Waals surface area contributed by atoms with Crippen molar-refractivity contribution in [1.29, 1.82) is 5.41 Å². The van der Waals surface area contributed by atoms with Crippen LogP contribution >= 0.6 is 0 Å². The molecule has 1 aromatic heterocycles. The van der Waals surface area contributed by atoms with E-state index in [9.17, 15) is 9.18 Å². The van der Waals surface area contributed by atoms with Gasteiger partial charge in [0.05, 0.1) is 36.6 Å². The van der Waals surface area contributed by atoms with E-state index in [1.54, 1.807) is 38.6 Å². The zero-order valence-electron chi connectivity index (χ0n) is 17.4. The highest BCUT2D eigenvalue weighted by molar-refractivity contribution is 6.15. The number of aromatic nitrogens is 2. The molecule has 4 rings (SSSR count). The number of hydrogen-bond donors (Lipinski definition) is 2. The number of aryl methyl sites for hydroxylation is 1. The minimum atomic E-state index is -0.416. The van der Waals surface area contributed by atoms with Crippen molar-refractivity contribution < 1.29 is 13.9 Å². The summed E-state index contributed by atoms with van der Waals surface area (Å²) in [5.41, 5.74) is 3.62. The molecule has 1 unspecified atom stereocenters. The predicted octanol–water partition coefficient (Wildman–Crippen LogP) is 4.43. The monoisotopic (exact) mass is 419 g/mol. The smallest absolute Gasteiger partial charge is 0.328 e. The lowest BCUT2D eigenvalue weighted by Crippen LogP contribution is -2.33. The van der Waals surface area contributed by atoms with Gasteiger partial charge in [-0.25, -0.2) is 14.2 Å². The Bertz CT molecular complexity index is 1180. The maximum absolute atomic E-state index is 13.2. The Morgan fingerprint density at radius 2 is 1.97 bits per heavy atom. The van der Waals surface area contributed by atoms with Crippen LogP contribution in [0, 0.1) is 18.2 Å². The van der Waals surface area contributed by atoms with E-state index in [0.717, 1.165) is 22.5 Å². The Balaban J connectivity index is 1.61. The lowest BCUT2D eigenvalue weighted by atomic mass is 10.1. The van der Waals surface area contributed by atoms with E-state index in [1.165, 1.54) is 17.0 Å². The molecule has 0 spiro atoms. The van der Waals surface area contributed by atoms with Crippen molar-refractivity contribution in [3.63, 3.8) is 0 Å². The zero-order valence-corrected chi connectivity index (χ0v) is 17.4. The molecule has 1 saturated heterocycles. The molecule has 1 fully saturated rings. The zero-order chi connectivity index (χ0) is 22.1. The number of carbonyl (C=O) groups excluding carboxylic acids is 1. The maximum Gasteiger partial charge on any atom is 0.328 e.